The zero-order valence-corrected chi connectivity index (χ0v) is 16.3. The summed E-state index contributed by atoms with van der Waals surface area (Å²) >= 11 is 0. The van der Waals surface area contributed by atoms with E-state index in [0.717, 1.165) is 0 Å². The molecule has 2 aromatic rings. The molecule has 0 aliphatic heterocycles. The number of hydrogen-bond acceptors (Lipinski definition) is 5. The highest BCUT2D eigenvalue weighted by atomic mass is 16.2. The van der Waals surface area contributed by atoms with Crippen molar-refractivity contribution < 1.29 is 14.4 Å². The fourth-order valence-corrected chi connectivity index (χ4v) is 3.20. The monoisotopic (exact) mass is 379 g/mol. The van der Waals surface area contributed by atoms with E-state index in [1.54, 1.807) is 42.5 Å². The summed E-state index contributed by atoms with van der Waals surface area (Å²) in [5.74, 6) is -0.523. The van der Waals surface area contributed by atoms with Gasteiger partial charge >= 0.3 is 0 Å². The second-order valence-electron chi connectivity index (χ2n) is 7.35. The summed E-state index contributed by atoms with van der Waals surface area (Å²) in [5.41, 5.74) is 8.18. The van der Waals surface area contributed by atoms with Crippen molar-refractivity contribution in [3.05, 3.63) is 64.7 Å². The van der Waals surface area contributed by atoms with Crippen LogP contribution in [0, 0.1) is 5.92 Å². The summed E-state index contributed by atoms with van der Waals surface area (Å²) in [6.45, 7) is 5.72. The SMILES string of the molecule is CCC(NC(=O)[C@@H](N)C(C)C)Nc1ccc2c(c1)C(=O)c1ccccc1C2=O. The average Bonchev–Trinajstić information content (AvgIpc) is 2.70. The van der Waals surface area contributed by atoms with E-state index >= 15 is 0 Å². The van der Waals surface area contributed by atoms with Crippen LogP contribution in [0.1, 0.15) is 59.0 Å². The van der Waals surface area contributed by atoms with Crippen molar-refractivity contribution in [2.45, 2.75) is 39.4 Å². The van der Waals surface area contributed by atoms with Crippen LogP contribution in [-0.2, 0) is 4.79 Å². The first-order chi connectivity index (χ1) is 13.3. The van der Waals surface area contributed by atoms with Crippen LogP contribution in [0.2, 0.25) is 0 Å². The topological polar surface area (TPSA) is 101 Å². The van der Waals surface area contributed by atoms with E-state index in [4.69, 9.17) is 5.73 Å². The predicted octanol–water partition coefficient (Wildman–Crippen LogP) is 2.71. The Morgan fingerprint density at radius 1 is 0.964 bits per heavy atom. The number of nitrogens with two attached hydrogens (primary N) is 1. The Labute approximate surface area is 164 Å². The predicted molar refractivity (Wildman–Crippen MR) is 108 cm³/mol. The number of carbonyl (C=O) groups excluding carboxylic acids is 3. The number of ketones is 2. The molecule has 1 amide bonds. The lowest BCUT2D eigenvalue weighted by molar-refractivity contribution is -0.123. The van der Waals surface area contributed by atoms with Crippen LogP contribution >= 0.6 is 0 Å². The molecule has 1 aliphatic rings. The van der Waals surface area contributed by atoms with Gasteiger partial charge in [-0.3, -0.25) is 14.4 Å². The van der Waals surface area contributed by atoms with Gasteiger partial charge in [0.05, 0.1) is 12.2 Å². The highest BCUT2D eigenvalue weighted by Crippen LogP contribution is 2.29. The van der Waals surface area contributed by atoms with E-state index in [1.165, 1.54) is 0 Å². The lowest BCUT2D eigenvalue weighted by atomic mass is 9.84. The summed E-state index contributed by atoms with van der Waals surface area (Å²) in [6, 6.07) is 11.3. The van der Waals surface area contributed by atoms with Crippen LogP contribution in [0.3, 0.4) is 0 Å². The van der Waals surface area contributed by atoms with E-state index in [1.807, 2.05) is 20.8 Å². The number of amides is 1. The summed E-state index contributed by atoms with van der Waals surface area (Å²) in [6.07, 6.45) is 0.292. The van der Waals surface area contributed by atoms with Gasteiger partial charge in [0.25, 0.3) is 0 Å². The minimum atomic E-state index is -0.588. The normalized spacial score (nSPS) is 14.9. The fraction of sp³-hybridized carbons (Fsp3) is 0.318. The first-order valence-electron chi connectivity index (χ1n) is 9.48. The molecule has 0 radical (unpaired) electrons. The number of carbonyl (C=O) groups is 3. The van der Waals surface area contributed by atoms with Gasteiger partial charge < -0.3 is 16.4 Å². The summed E-state index contributed by atoms with van der Waals surface area (Å²) < 4.78 is 0. The minimum absolute atomic E-state index is 0.0324. The van der Waals surface area contributed by atoms with Gasteiger partial charge in [0.2, 0.25) is 5.91 Å². The van der Waals surface area contributed by atoms with Crippen LogP contribution in [0.4, 0.5) is 5.69 Å². The zero-order valence-electron chi connectivity index (χ0n) is 16.3. The van der Waals surface area contributed by atoms with Crippen molar-refractivity contribution in [3.63, 3.8) is 0 Å². The van der Waals surface area contributed by atoms with Gasteiger partial charge in [-0.1, -0.05) is 45.0 Å². The molecule has 0 saturated heterocycles. The number of anilines is 1. The molecule has 28 heavy (non-hydrogen) atoms. The Hall–Kier alpha value is -2.99. The fourth-order valence-electron chi connectivity index (χ4n) is 3.20. The molecule has 2 aromatic carbocycles. The van der Waals surface area contributed by atoms with E-state index in [-0.39, 0.29) is 29.6 Å². The molecule has 1 aliphatic carbocycles. The number of fused-ring (bicyclic) bond motifs is 2. The van der Waals surface area contributed by atoms with Gasteiger partial charge in [-0.25, -0.2) is 0 Å². The van der Waals surface area contributed by atoms with Crippen molar-refractivity contribution in [2.75, 3.05) is 5.32 Å². The van der Waals surface area contributed by atoms with Crippen LogP contribution in [-0.4, -0.2) is 29.7 Å². The number of rotatable bonds is 6. The van der Waals surface area contributed by atoms with E-state index in [9.17, 15) is 14.4 Å². The Balaban J connectivity index is 1.82. The summed E-state index contributed by atoms with van der Waals surface area (Å²) in [4.78, 5) is 37.8. The van der Waals surface area contributed by atoms with Gasteiger partial charge in [0, 0.05) is 27.9 Å². The molecule has 146 valence electrons. The number of nitrogens with one attached hydrogen (secondary N) is 2. The lowest BCUT2D eigenvalue weighted by Crippen LogP contribution is -2.50. The van der Waals surface area contributed by atoms with Gasteiger partial charge in [0.15, 0.2) is 11.6 Å². The van der Waals surface area contributed by atoms with Gasteiger partial charge in [-0.2, -0.15) is 0 Å². The standard InChI is InChI=1S/C22H25N3O3/c1-4-18(25-22(28)19(23)12(2)3)24-13-9-10-16-17(11-13)21(27)15-8-6-5-7-14(15)20(16)26/h5-12,18-19,24H,4,23H2,1-3H3,(H,25,28)/t18?,19-/m0/s1. The second-order valence-corrected chi connectivity index (χ2v) is 7.35. The van der Waals surface area contributed by atoms with E-state index in [2.05, 4.69) is 10.6 Å². The molecule has 0 fully saturated rings. The third-order valence-electron chi connectivity index (χ3n) is 5.01. The molecule has 0 aromatic heterocycles. The Morgan fingerprint density at radius 2 is 1.54 bits per heavy atom. The molecule has 6 nitrogen and oxygen atoms in total. The average molecular weight is 379 g/mol. The van der Waals surface area contributed by atoms with Crippen molar-refractivity contribution in [3.8, 4) is 0 Å². The molecular formula is C22H25N3O3. The lowest BCUT2D eigenvalue weighted by Gasteiger charge is -2.24. The number of hydrogen-bond donors (Lipinski definition) is 3. The van der Waals surface area contributed by atoms with Crippen molar-refractivity contribution in [2.24, 2.45) is 11.7 Å². The van der Waals surface area contributed by atoms with Crippen LogP contribution in [0.25, 0.3) is 0 Å². The molecule has 6 heteroatoms. The molecule has 0 heterocycles. The Morgan fingerprint density at radius 3 is 2.11 bits per heavy atom. The van der Waals surface area contributed by atoms with Crippen molar-refractivity contribution in [1.29, 1.82) is 0 Å². The maximum absolute atomic E-state index is 12.8. The van der Waals surface area contributed by atoms with Crippen molar-refractivity contribution in [1.82, 2.24) is 5.32 Å². The minimum Gasteiger partial charge on any atom is -0.365 e. The highest BCUT2D eigenvalue weighted by Gasteiger charge is 2.29. The number of benzene rings is 2. The molecule has 2 atom stereocenters. The molecule has 4 N–H and O–H groups in total. The third kappa shape index (κ3) is 3.68. The molecule has 3 rings (SSSR count). The van der Waals surface area contributed by atoms with Crippen LogP contribution in [0.15, 0.2) is 42.5 Å². The first-order valence-corrected chi connectivity index (χ1v) is 9.48. The Bertz CT molecular complexity index is 936. The maximum atomic E-state index is 12.8. The maximum Gasteiger partial charge on any atom is 0.238 e. The quantitative estimate of drug-likeness (QED) is 0.572. The van der Waals surface area contributed by atoms with E-state index in [0.29, 0.717) is 34.4 Å². The second kappa shape index (κ2) is 7.94. The van der Waals surface area contributed by atoms with Crippen molar-refractivity contribution >= 4 is 23.2 Å². The molecule has 0 bridgehead atoms. The smallest absolute Gasteiger partial charge is 0.238 e. The third-order valence-corrected chi connectivity index (χ3v) is 5.01. The van der Waals surface area contributed by atoms with Gasteiger partial charge in [-0.05, 0) is 30.5 Å². The largest absolute Gasteiger partial charge is 0.365 e. The molecule has 0 saturated carbocycles. The molecule has 0 spiro atoms. The van der Waals surface area contributed by atoms with Crippen LogP contribution < -0.4 is 16.4 Å². The molecular weight excluding hydrogens is 354 g/mol. The first kappa shape index (κ1) is 19.8. The van der Waals surface area contributed by atoms with Crippen LogP contribution in [0.5, 0.6) is 0 Å². The van der Waals surface area contributed by atoms with Gasteiger partial charge in [0.1, 0.15) is 0 Å². The summed E-state index contributed by atoms with van der Waals surface area (Å²) in [7, 11) is 0. The Kier molecular flexibility index (Phi) is 5.61. The zero-order chi connectivity index (χ0) is 20.4. The van der Waals surface area contributed by atoms with Gasteiger partial charge in [-0.15, -0.1) is 0 Å². The van der Waals surface area contributed by atoms with E-state index < -0.39 is 6.04 Å². The summed E-state index contributed by atoms with van der Waals surface area (Å²) in [5, 5.41) is 6.10. The highest BCUT2D eigenvalue weighted by molar-refractivity contribution is 6.28. The molecule has 1 unspecified atom stereocenters.